The van der Waals surface area contributed by atoms with Gasteiger partial charge in [-0.2, -0.15) is 0 Å². The number of nitrogens with zero attached hydrogens (tertiary/aromatic N) is 2. The van der Waals surface area contributed by atoms with Crippen LogP contribution in [0, 0.1) is 6.92 Å². The number of fused-ring (bicyclic) bond motifs is 1. The molecule has 0 aliphatic carbocycles. The van der Waals surface area contributed by atoms with Gasteiger partial charge in [0.05, 0.1) is 23.9 Å². The molecule has 4 aromatic rings. The Kier molecular flexibility index (Phi) is 6.00. The molecule has 2 heterocycles. The third kappa shape index (κ3) is 4.52. The SMILES string of the molecule is COc1ccccc1C(=O)Nc1ccc(C(=O)OCc2cc(=O)n3cc(C)sc3n2)cc1. The third-order valence-corrected chi connectivity index (χ3v) is 5.52. The van der Waals surface area contributed by atoms with Crippen molar-refractivity contribution in [2.24, 2.45) is 0 Å². The lowest BCUT2D eigenvalue weighted by molar-refractivity contribution is 0.0467. The van der Waals surface area contributed by atoms with Gasteiger partial charge in [0.1, 0.15) is 12.4 Å². The molecule has 1 amide bonds. The molecule has 2 aromatic carbocycles. The van der Waals surface area contributed by atoms with Crippen LogP contribution in [0.5, 0.6) is 5.75 Å². The monoisotopic (exact) mass is 449 g/mol. The molecule has 0 radical (unpaired) electrons. The number of methoxy groups -OCH3 is 1. The summed E-state index contributed by atoms with van der Waals surface area (Å²) < 4.78 is 12.0. The summed E-state index contributed by atoms with van der Waals surface area (Å²) in [7, 11) is 1.50. The van der Waals surface area contributed by atoms with Crippen LogP contribution in [0.3, 0.4) is 0 Å². The van der Waals surface area contributed by atoms with Crippen LogP contribution in [0.25, 0.3) is 4.96 Å². The van der Waals surface area contributed by atoms with E-state index in [4.69, 9.17) is 9.47 Å². The number of benzene rings is 2. The number of esters is 1. The summed E-state index contributed by atoms with van der Waals surface area (Å²) in [6, 6.07) is 14.6. The van der Waals surface area contributed by atoms with Crippen molar-refractivity contribution in [3.63, 3.8) is 0 Å². The van der Waals surface area contributed by atoms with E-state index in [1.54, 1.807) is 54.7 Å². The molecular weight excluding hydrogens is 430 g/mol. The van der Waals surface area contributed by atoms with E-state index in [0.29, 0.717) is 33.2 Å². The number of rotatable bonds is 6. The fourth-order valence-corrected chi connectivity index (χ4v) is 3.93. The number of para-hydroxylation sites is 1. The minimum Gasteiger partial charge on any atom is -0.496 e. The highest BCUT2D eigenvalue weighted by Gasteiger charge is 2.13. The fourth-order valence-electron chi connectivity index (χ4n) is 3.08. The van der Waals surface area contributed by atoms with Gasteiger partial charge in [0.15, 0.2) is 4.96 Å². The van der Waals surface area contributed by atoms with Gasteiger partial charge in [-0.25, -0.2) is 9.78 Å². The van der Waals surface area contributed by atoms with E-state index in [-0.39, 0.29) is 18.1 Å². The molecule has 1 N–H and O–H groups in total. The van der Waals surface area contributed by atoms with Gasteiger partial charge >= 0.3 is 5.97 Å². The number of amides is 1. The first-order valence-corrected chi connectivity index (χ1v) is 10.5. The number of anilines is 1. The number of carbonyl (C=O) groups is 2. The molecule has 9 heteroatoms. The Hall–Kier alpha value is -3.98. The van der Waals surface area contributed by atoms with Crippen LogP contribution in [0.4, 0.5) is 5.69 Å². The second-order valence-electron chi connectivity index (χ2n) is 6.89. The first kappa shape index (κ1) is 21.3. The maximum absolute atomic E-state index is 12.5. The predicted octanol–water partition coefficient (Wildman–Crippen LogP) is 3.68. The second-order valence-corrected chi connectivity index (χ2v) is 8.10. The van der Waals surface area contributed by atoms with Gasteiger partial charge in [0, 0.05) is 22.8 Å². The molecule has 32 heavy (non-hydrogen) atoms. The smallest absolute Gasteiger partial charge is 0.338 e. The molecule has 0 atom stereocenters. The molecule has 2 aromatic heterocycles. The zero-order chi connectivity index (χ0) is 22.7. The number of aryl methyl sites for hydroxylation is 1. The molecule has 0 fully saturated rings. The maximum atomic E-state index is 12.5. The number of hydrogen-bond acceptors (Lipinski definition) is 7. The van der Waals surface area contributed by atoms with Crippen molar-refractivity contribution in [1.82, 2.24) is 9.38 Å². The predicted molar refractivity (Wildman–Crippen MR) is 121 cm³/mol. The molecule has 0 unspecified atom stereocenters. The summed E-state index contributed by atoms with van der Waals surface area (Å²) in [6.45, 7) is 1.77. The van der Waals surface area contributed by atoms with E-state index in [1.807, 2.05) is 6.92 Å². The van der Waals surface area contributed by atoms with Crippen molar-refractivity contribution in [3.05, 3.63) is 92.8 Å². The van der Waals surface area contributed by atoms with Crippen molar-refractivity contribution >= 4 is 33.9 Å². The Balaban J connectivity index is 1.40. The van der Waals surface area contributed by atoms with Crippen molar-refractivity contribution < 1.29 is 19.1 Å². The molecule has 0 saturated heterocycles. The third-order valence-electron chi connectivity index (χ3n) is 4.62. The molecule has 0 bridgehead atoms. The quantitative estimate of drug-likeness (QED) is 0.451. The number of aromatic nitrogens is 2. The standard InChI is InChI=1S/C23H19N3O5S/c1-14-12-26-20(27)11-17(25-23(26)32-14)13-31-22(29)15-7-9-16(10-8-15)24-21(28)18-5-3-4-6-19(18)30-2/h3-12H,13H2,1-2H3,(H,24,28). The highest BCUT2D eigenvalue weighted by atomic mass is 32.1. The Labute approximate surface area is 187 Å². The molecule has 162 valence electrons. The first-order valence-electron chi connectivity index (χ1n) is 9.65. The van der Waals surface area contributed by atoms with Gasteiger partial charge in [-0.3, -0.25) is 14.0 Å². The minimum absolute atomic E-state index is 0.117. The Morgan fingerprint density at radius 2 is 1.88 bits per heavy atom. The largest absolute Gasteiger partial charge is 0.496 e. The van der Waals surface area contributed by atoms with E-state index >= 15 is 0 Å². The maximum Gasteiger partial charge on any atom is 0.338 e. The Bertz CT molecular complexity index is 1360. The number of thiazole rings is 1. The van der Waals surface area contributed by atoms with Crippen molar-refractivity contribution in [2.45, 2.75) is 13.5 Å². The zero-order valence-electron chi connectivity index (χ0n) is 17.3. The second kappa shape index (κ2) is 9.03. The van der Waals surface area contributed by atoms with E-state index in [0.717, 1.165) is 4.88 Å². The van der Waals surface area contributed by atoms with E-state index in [1.165, 1.54) is 28.9 Å². The van der Waals surface area contributed by atoms with Gasteiger partial charge in [0.25, 0.3) is 11.5 Å². The van der Waals surface area contributed by atoms with Gasteiger partial charge in [0.2, 0.25) is 0 Å². The lowest BCUT2D eigenvalue weighted by atomic mass is 10.1. The van der Waals surface area contributed by atoms with Gasteiger partial charge in [-0.15, -0.1) is 11.3 Å². The molecular formula is C23H19N3O5S. The first-order chi connectivity index (χ1) is 15.4. The minimum atomic E-state index is -0.558. The lowest BCUT2D eigenvalue weighted by Crippen LogP contribution is -2.15. The molecule has 0 aliphatic rings. The molecule has 0 spiro atoms. The number of nitrogens with one attached hydrogen (secondary N) is 1. The average Bonchev–Trinajstić information content (AvgIpc) is 3.18. The van der Waals surface area contributed by atoms with Crippen LogP contribution in [0.1, 0.15) is 31.3 Å². The number of carbonyl (C=O) groups excluding carboxylic acids is 2. The summed E-state index contributed by atoms with van der Waals surface area (Å²) >= 11 is 1.39. The highest BCUT2D eigenvalue weighted by molar-refractivity contribution is 7.16. The topological polar surface area (TPSA) is 99.0 Å². The van der Waals surface area contributed by atoms with E-state index in [2.05, 4.69) is 10.3 Å². The van der Waals surface area contributed by atoms with Crippen LogP contribution in [0.15, 0.2) is 65.6 Å². The van der Waals surface area contributed by atoms with Crippen molar-refractivity contribution in [3.8, 4) is 5.75 Å². The van der Waals surface area contributed by atoms with Crippen LogP contribution >= 0.6 is 11.3 Å². The van der Waals surface area contributed by atoms with Crippen molar-refractivity contribution in [1.29, 1.82) is 0 Å². The summed E-state index contributed by atoms with van der Waals surface area (Å²) in [5, 5.41) is 2.77. The average molecular weight is 449 g/mol. The van der Waals surface area contributed by atoms with Crippen LogP contribution in [0.2, 0.25) is 0 Å². The van der Waals surface area contributed by atoms with Gasteiger partial charge < -0.3 is 14.8 Å². The van der Waals surface area contributed by atoms with Crippen molar-refractivity contribution in [2.75, 3.05) is 12.4 Å². The number of hydrogen-bond donors (Lipinski definition) is 1. The molecule has 8 nitrogen and oxygen atoms in total. The molecule has 0 aliphatic heterocycles. The summed E-state index contributed by atoms with van der Waals surface area (Å²) in [6.07, 6.45) is 1.72. The Morgan fingerprint density at radius 3 is 2.62 bits per heavy atom. The van der Waals surface area contributed by atoms with Gasteiger partial charge in [-0.05, 0) is 43.3 Å². The summed E-state index contributed by atoms with van der Waals surface area (Å²) in [5.41, 5.74) is 1.39. The normalized spacial score (nSPS) is 10.7. The van der Waals surface area contributed by atoms with Crippen LogP contribution in [-0.4, -0.2) is 28.4 Å². The molecule has 4 rings (SSSR count). The van der Waals surface area contributed by atoms with E-state index < -0.39 is 5.97 Å². The van der Waals surface area contributed by atoms with E-state index in [9.17, 15) is 14.4 Å². The summed E-state index contributed by atoms with van der Waals surface area (Å²) in [5.74, 6) is -0.416. The highest BCUT2D eigenvalue weighted by Crippen LogP contribution is 2.20. The van der Waals surface area contributed by atoms with Crippen LogP contribution < -0.4 is 15.6 Å². The Morgan fingerprint density at radius 1 is 1.12 bits per heavy atom. The lowest BCUT2D eigenvalue weighted by Gasteiger charge is -2.09. The molecule has 0 saturated carbocycles. The number of ether oxygens (including phenoxy) is 2. The van der Waals surface area contributed by atoms with Gasteiger partial charge in [-0.1, -0.05) is 12.1 Å². The summed E-state index contributed by atoms with van der Waals surface area (Å²) in [4.78, 5) is 42.9. The fraction of sp³-hybridized carbons (Fsp3) is 0.130. The zero-order valence-corrected chi connectivity index (χ0v) is 18.1. The van der Waals surface area contributed by atoms with Crippen LogP contribution in [-0.2, 0) is 11.3 Å².